The number of carbonyl (C=O) groups excluding carboxylic acids is 2. The molecule has 1 aliphatic carbocycles. The monoisotopic (exact) mass is 418 g/mol. The van der Waals surface area contributed by atoms with Crippen molar-refractivity contribution in [2.45, 2.75) is 38.1 Å². The molecule has 8 heteroatoms. The maximum absolute atomic E-state index is 13.1. The zero-order chi connectivity index (χ0) is 20.9. The molecule has 1 atom stereocenters. The fourth-order valence-electron chi connectivity index (χ4n) is 4.38. The van der Waals surface area contributed by atoms with Gasteiger partial charge in [-0.15, -0.1) is 0 Å². The average Bonchev–Trinajstić information content (AvgIpc) is 3.63. The van der Waals surface area contributed by atoms with Crippen molar-refractivity contribution in [3.05, 3.63) is 29.8 Å². The highest BCUT2D eigenvalue weighted by molar-refractivity contribution is 5.92. The standard InChI is InChI=1S/C22H31FN4O3/c23-18-6-7-20(24-15-18)22(29)26-9-1-3-19(16-26)27(21(28)17-4-5-17)10-2-8-25-11-13-30-14-12-25/h6-7,15,17,19H,1-5,8-14,16H2. The van der Waals surface area contributed by atoms with Crippen molar-refractivity contribution in [2.75, 3.05) is 52.5 Å². The third-order valence-electron chi connectivity index (χ3n) is 6.26. The predicted molar refractivity (Wildman–Crippen MR) is 109 cm³/mol. The van der Waals surface area contributed by atoms with Crippen LogP contribution in [-0.4, -0.2) is 90.0 Å². The minimum Gasteiger partial charge on any atom is -0.379 e. The topological polar surface area (TPSA) is 66.0 Å². The summed E-state index contributed by atoms with van der Waals surface area (Å²) in [6, 6.07) is 2.73. The van der Waals surface area contributed by atoms with Gasteiger partial charge in [0.15, 0.2) is 0 Å². The number of rotatable bonds is 7. The van der Waals surface area contributed by atoms with Gasteiger partial charge in [0.1, 0.15) is 11.5 Å². The lowest BCUT2D eigenvalue weighted by Gasteiger charge is -2.40. The van der Waals surface area contributed by atoms with Crippen LogP contribution in [0.25, 0.3) is 0 Å². The van der Waals surface area contributed by atoms with E-state index in [1.165, 1.54) is 12.1 Å². The van der Waals surface area contributed by atoms with Crippen LogP contribution in [0.1, 0.15) is 42.6 Å². The van der Waals surface area contributed by atoms with E-state index in [4.69, 9.17) is 4.74 Å². The van der Waals surface area contributed by atoms with E-state index in [1.807, 2.05) is 4.90 Å². The minimum atomic E-state index is -0.454. The molecule has 1 aromatic heterocycles. The number of carbonyl (C=O) groups is 2. The summed E-state index contributed by atoms with van der Waals surface area (Å²) in [5.74, 6) is -0.231. The molecule has 0 N–H and O–H groups in total. The van der Waals surface area contributed by atoms with E-state index in [9.17, 15) is 14.0 Å². The maximum atomic E-state index is 13.1. The molecule has 3 fully saturated rings. The Morgan fingerprint density at radius 1 is 1.17 bits per heavy atom. The number of piperidine rings is 1. The quantitative estimate of drug-likeness (QED) is 0.676. The molecule has 1 unspecified atom stereocenters. The number of nitrogens with zero attached hydrogens (tertiary/aromatic N) is 4. The Kier molecular flexibility index (Phi) is 6.94. The van der Waals surface area contributed by atoms with Crippen molar-refractivity contribution >= 4 is 11.8 Å². The third kappa shape index (κ3) is 5.35. The molecule has 4 rings (SSSR count). The van der Waals surface area contributed by atoms with Gasteiger partial charge in [0.2, 0.25) is 5.91 Å². The number of aromatic nitrogens is 1. The van der Waals surface area contributed by atoms with Crippen LogP contribution in [0.3, 0.4) is 0 Å². The number of ether oxygens (including phenoxy) is 1. The molecule has 2 saturated heterocycles. The lowest BCUT2D eigenvalue weighted by molar-refractivity contribution is -0.136. The molecular formula is C22H31FN4O3. The summed E-state index contributed by atoms with van der Waals surface area (Å²) in [6.07, 6.45) is 5.74. The number of likely N-dealkylation sites (tertiary alicyclic amines) is 1. The highest BCUT2D eigenvalue weighted by atomic mass is 19.1. The van der Waals surface area contributed by atoms with Gasteiger partial charge in [-0.05, 0) is 44.2 Å². The molecule has 3 aliphatic rings. The van der Waals surface area contributed by atoms with Crippen LogP contribution in [-0.2, 0) is 9.53 Å². The first-order valence-corrected chi connectivity index (χ1v) is 11.1. The largest absolute Gasteiger partial charge is 0.379 e. The van der Waals surface area contributed by atoms with Crippen LogP contribution in [0.2, 0.25) is 0 Å². The maximum Gasteiger partial charge on any atom is 0.272 e. The number of pyridine rings is 1. The Bertz CT molecular complexity index is 734. The number of halogens is 1. The molecule has 3 heterocycles. The molecule has 2 aliphatic heterocycles. The number of morpholine rings is 1. The Hall–Kier alpha value is -2.06. The van der Waals surface area contributed by atoms with Gasteiger partial charge >= 0.3 is 0 Å². The fraction of sp³-hybridized carbons (Fsp3) is 0.682. The summed E-state index contributed by atoms with van der Waals surface area (Å²) in [4.78, 5) is 36.0. The summed E-state index contributed by atoms with van der Waals surface area (Å²) in [6.45, 7) is 6.33. The van der Waals surface area contributed by atoms with Crippen molar-refractivity contribution < 1.29 is 18.7 Å². The number of hydrogen-bond donors (Lipinski definition) is 0. The van der Waals surface area contributed by atoms with E-state index in [-0.39, 0.29) is 29.5 Å². The van der Waals surface area contributed by atoms with Gasteiger partial charge in [-0.1, -0.05) is 0 Å². The van der Waals surface area contributed by atoms with Crippen molar-refractivity contribution in [1.29, 1.82) is 0 Å². The molecule has 0 aromatic carbocycles. The number of hydrogen-bond acceptors (Lipinski definition) is 5. The van der Waals surface area contributed by atoms with Crippen molar-refractivity contribution in [3.8, 4) is 0 Å². The second-order valence-corrected chi connectivity index (χ2v) is 8.52. The first-order valence-electron chi connectivity index (χ1n) is 11.1. The van der Waals surface area contributed by atoms with E-state index in [1.54, 1.807) is 4.90 Å². The Morgan fingerprint density at radius 3 is 2.67 bits per heavy atom. The predicted octanol–water partition coefficient (Wildman–Crippen LogP) is 1.79. The van der Waals surface area contributed by atoms with Crippen LogP contribution in [0.5, 0.6) is 0 Å². The van der Waals surface area contributed by atoms with Crippen LogP contribution >= 0.6 is 0 Å². The molecule has 2 amide bonds. The van der Waals surface area contributed by atoms with Gasteiger partial charge in [0.05, 0.1) is 19.4 Å². The Morgan fingerprint density at radius 2 is 1.97 bits per heavy atom. The van der Waals surface area contributed by atoms with Crippen molar-refractivity contribution in [2.24, 2.45) is 5.92 Å². The highest BCUT2D eigenvalue weighted by Crippen LogP contribution is 2.33. The van der Waals surface area contributed by atoms with Crippen LogP contribution in [0, 0.1) is 11.7 Å². The zero-order valence-electron chi connectivity index (χ0n) is 17.5. The Balaban J connectivity index is 1.37. The molecule has 30 heavy (non-hydrogen) atoms. The zero-order valence-corrected chi connectivity index (χ0v) is 17.5. The molecule has 1 aromatic rings. The lowest BCUT2D eigenvalue weighted by Crippen LogP contribution is -2.52. The molecule has 164 valence electrons. The van der Waals surface area contributed by atoms with Crippen LogP contribution in [0.4, 0.5) is 4.39 Å². The first-order chi connectivity index (χ1) is 14.6. The fourth-order valence-corrected chi connectivity index (χ4v) is 4.38. The van der Waals surface area contributed by atoms with E-state index < -0.39 is 5.82 Å². The summed E-state index contributed by atoms with van der Waals surface area (Å²) in [5, 5.41) is 0. The lowest BCUT2D eigenvalue weighted by atomic mass is 10.0. The number of amides is 2. The SMILES string of the molecule is O=C(c1ccc(F)cn1)N1CCCC(N(CCCN2CCOCC2)C(=O)C2CC2)C1. The first kappa shape index (κ1) is 21.2. The van der Waals surface area contributed by atoms with Crippen molar-refractivity contribution in [3.63, 3.8) is 0 Å². The van der Waals surface area contributed by atoms with Crippen LogP contribution in [0.15, 0.2) is 18.3 Å². The molecule has 0 radical (unpaired) electrons. The summed E-state index contributed by atoms with van der Waals surface area (Å²) < 4.78 is 18.5. The molecule has 0 spiro atoms. The van der Waals surface area contributed by atoms with E-state index in [0.717, 1.165) is 77.7 Å². The van der Waals surface area contributed by atoms with Gasteiger partial charge in [-0.25, -0.2) is 9.37 Å². The summed E-state index contributed by atoms with van der Waals surface area (Å²) in [5.41, 5.74) is 0.254. The molecule has 1 saturated carbocycles. The van der Waals surface area contributed by atoms with Crippen LogP contribution < -0.4 is 0 Å². The van der Waals surface area contributed by atoms with Gasteiger partial charge in [-0.2, -0.15) is 0 Å². The second-order valence-electron chi connectivity index (χ2n) is 8.52. The normalized spacial score (nSPS) is 22.7. The molecule has 0 bridgehead atoms. The van der Waals surface area contributed by atoms with Crippen molar-refractivity contribution in [1.82, 2.24) is 19.7 Å². The van der Waals surface area contributed by atoms with E-state index in [0.29, 0.717) is 13.1 Å². The second kappa shape index (κ2) is 9.83. The van der Waals surface area contributed by atoms with E-state index in [2.05, 4.69) is 9.88 Å². The Labute approximate surface area is 177 Å². The van der Waals surface area contributed by atoms with Gasteiger partial charge in [0.25, 0.3) is 5.91 Å². The van der Waals surface area contributed by atoms with E-state index >= 15 is 0 Å². The average molecular weight is 419 g/mol. The summed E-state index contributed by atoms with van der Waals surface area (Å²) in [7, 11) is 0. The highest BCUT2D eigenvalue weighted by Gasteiger charge is 2.38. The minimum absolute atomic E-state index is 0.0425. The van der Waals surface area contributed by atoms with Gasteiger partial charge in [0, 0.05) is 51.2 Å². The molecular weight excluding hydrogens is 387 g/mol. The van der Waals surface area contributed by atoms with Gasteiger partial charge < -0.3 is 14.5 Å². The third-order valence-corrected chi connectivity index (χ3v) is 6.26. The molecule has 7 nitrogen and oxygen atoms in total. The summed E-state index contributed by atoms with van der Waals surface area (Å²) >= 11 is 0. The van der Waals surface area contributed by atoms with Gasteiger partial charge in [-0.3, -0.25) is 14.5 Å². The smallest absolute Gasteiger partial charge is 0.272 e.